The van der Waals surface area contributed by atoms with Crippen LogP contribution in [0.3, 0.4) is 0 Å². The maximum Gasteiger partial charge on any atom is 0.421 e. The Bertz CT molecular complexity index is 258. The number of nitrogens with zero attached hydrogens (tertiary/aromatic N) is 1. The molecule has 59 valence electrons. The van der Waals surface area contributed by atoms with E-state index in [4.69, 9.17) is 0 Å². The normalized spacial score (nSPS) is 11.5. The standard InChI is InChI=1S/C6H3F3NO/c7-6(8,9)4-3-10-2-1-5(4)11/h1-3H. The van der Waals surface area contributed by atoms with Gasteiger partial charge in [0.15, 0.2) is 5.75 Å². The van der Waals surface area contributed by atoms with Crippen molar-refractivity contribution in [2.24, 2.45) is 0 Å². The lowest BCUT2D eigenvalue weighted by molar-refractivity contribution is -0.139. The molecule has 0 atom stereocenters. The molecule has 1 aromatic heterocycles. The lowest BCUT2D eigenvalue weighted by atomic mass is 10.2. The van der Waals surface area contributed by atoms with Crippen molar-refractivity contribution in [2.45, 2.75) is 6.18 Å². The molecule has 1 aromatic rings. The zero-order valence-corrected chi connectivity index (χ0v) is 5.22. The predicted molar refractivity (Wildman–Crippen MR) is 29.4 cm³/mol. The molecule has 0 spiro atoms. The summed E-state index contributed by atoms with van der Waals surface area (Å²) in [5.41, 5.74) is -1.22. The minimum absolute atomic E-state index is 0.516. The zero-order valence-electron chi connectivity index (χ0n) is 5.22. The highest BCUT2D eigenvalue weighted by Crippen LogP contribution is 2.34. The first-order valence-corrected chi connectivity index (χ1v) is 2.70. The molecule has 0 unspecified atom stereocenters. The number of aromatic nitrogens is 1. The monoisotopic (exact) mass is 162 g/mol. The molecule has 0 amide bonds. The topological polar surface area (TPSA) is 32.8 Å². The van der Waals surface area contributed by atoms with Gasteiger partial charge in [0, 0.05) is 18.5 Å². The van der Waals surface area contributed by atoms with Crippen LogP contribution < -0.4 is 0 Å². The average molecular weight is 162 g/mol. The van der Waals surface area contributed by atoms with Crippen LogP contribution in [0.4, 0.5) is 13.2 Å². The second-order valence-corrected chi connectivity index (χ2v) is 1.87. The first-order chi connectivity index (χ1) is 5.02. The Balaban J connectivity index is 3.14. The number of hydrogen-bond acceptors (Lipinski definition) is 1. The van der Waals surface area contributed by atoms with E-state index in [0.717, 1.165) is 12.3 Å². The van der Waals surface area contributed by atoms with Gasteiger partial charge in [-0.2, -0.15) is 13.2 Å². The summed E-state index contributed by atoms with van der Waals surface area (Å²) in [5, 5.41) is 10.5. The maximum atomic E-state index is 11.8. The minimum atomic E-state index is -4.59. The van der Waals surface area contributed by atoms with Crippen molar-refractivity contribution < 1.29 is 18.3 Å². The van der Waals surface area contributed by atoms with E-state index in [0.29, 0.717) is 6.20 Å². The summed E-state index contributed by atoms with van der Waals surface area (Å²) in [5.74, 6) is -1.05. The van der Waals surface area contributed by atoms with Crippen molar-refractivity contribution in [3.05, 3.63) is 24.0 Å². The Kier molecular flexibility index (Phi) is 1.72. The number of rotatable bonds is 0. The van der Waals surface area contributed by atoms with Crippen molar-refractivity contribution >= 4 is 0 Å². The quantitative estimate of drug-likeness (QED) is 0.575. The highest BCUT2D eigenvalue weighted by Gasteiger charge is 2.34. The van der Waals surface area contributed by atoms with Gasteiger partial charge in [0.25, 0.3) is 0 Å². The van der Waals surface area contributed by atoms with Gasteiger partial charge < -0.3 is 0 Å². The Labute approximate surface area is 60.3 Å². The summed E-state index contributed by atoms with van der Waals surface area (Å²) in [6.45, 7) is 0. The highest BCUT2D eigenvalue weighted by molar-refractivity contribution is 5.30. The summed E-state index contributed by atoms with van der Waals surface area (Å²) >= 11 is 0. The second-order valence-electron chi connectivity index (χ2n) is 1.87. The van der Waals surface area contributed by atoms with Crippen LogP contribution in [-0.2, 0) is 11.3 Å². The molecule has 5 heteroatoms. The first kappa shape index (κ1) is 7.84. The Morgan fingerprint density at radius 1 is 1.36 bits per heavy atom. The van der Waals surface area contributed by atoms with E-state index in [-0.39, 0.29) is 0 Å². The third kappa shape index (κ3) is 1.60. The molecule has 0 N–H and O–H groups in total. The smallest absolute Gasteiger partial charge is 0.289 e. The van der Waals surface area contributed by atoms with Crippen molar-refractivity contribution in [1.82, 2.24) is 4.98 Å². The summed E-state index contributed by atoms with van der Waals surface area (Å²) < 4.78 is 35.4. The lowest BCUT2D eigenvalue weighted by Crippen LogP contribution is -2.04. The van der Waals surface area contributed by atoms with Crippen LogP contribution >= 0.6 is 0 Å². The third-order valence-electron chi connectivity index (χ3n) is 1.09. The summed E-state index contributed by atoms with van der Waals surface area (Å²) in [6.07, 6.45) is -3.05. The lowest BCUT2D eigenvalue weighted by Gasteiger charge is -2.04. The van der Waals surface area contributed by atoms with Crippen molar-refractivity contribution in [3.8, 4) is 5.75 Å². The molecular weight excluding hydrogens is 159 g/mol. The van der Waals surface area contributed by atoms with E-state index < -0.39 is 17.5 Å². The van der Waals surface area contributed by atoms with Crippen molar-refractivity contribution in [3.63, 3.8) is 0 Å². The molecule has 0 bridgehead atoms. The predicted octanol–water partition coefficient (Wildman–Crippen LogP) is 2.24. The number of pyridine rings is 1. The average Bonchev–Trinajstić information content (AvgIpc) is 1.86. The van der Waals surface area contributed by atoms with Gasteiger partial charge in [-0.3, -0.25) is 10.1 Å². The number of alkyl halides is 3. The van der Waals surface area contributed by atoms with Gasteiger partial charge in [-0.1, -0.05) is 0 Å². The fraction of sp³-hybridized carbons (Fsp3) is 0.167. The first-order valence-electron chi connectivity index (χ1n) is 2.70. The molecule has 2 nitrogen and oxygen atoms in total. The van der Waals surface area contributed by atoms with Gasteiger partial charge in [0.2, 0.25) is 0 Å². The third-order valence-corrected chi connectivity index (χ3v) is 1.09. The van der Waals surface area contributed by atoms with Crippen LogP contribution in [0.2, 0.25) is 0 Å². The maximum absolute atomic E-state index is 11.8. The number of halogens is 3. The van der Waals surface area contributed by atoms with Crippen molar-refractivity contribution in [1.29, 1.82) is 0 Å². The highest BCUT2D eigenvalue weighted by atomic mass is 19.4. The van der Waals surface area contributed by atoms with Crippen LogP contribution in [0.5, 0.6) is 5.75 Å². The van der Waals surface area contributed by atoms with Crippen LogP contribution in [-0.4, -0.2) is 4.98 Å². The van der Waals surface area contributed by atoms with Crippen LogP contribution in [0.1, 0.15) is 5.56 Å². The molecule has 0 fully saturated rings. The SMILES string of the molecule is [O]c1ccncc1C(F)(F)F. The van der Waals surface area contributed by atoms with E-state index in [1.165, 1.54) is 0 Å². The molecule has 0 aliphatic rings. The Morgan fingerprint density at radius 3 is 2.36 bits per heavy atom. The van der Waals surface area contributed by atoms with Gasteiger partial charge in [-0.25, -0.2) is 0 Å². The summed E-state index contributed by atoms with van der Waals surface area (Å²) in [4.78, 5) is 3.19. The molecule has 0 aliphatic heterocycles. The molecule has 0 aliphatic carbocycles. The molecule has 0 saturated carbocycles. The minimum Gasteiger partial charge on any atom is -0.289 e. The fourth-order valence-electron chi connectivity index (χ4n) is 0.595. The molecule has 1 rings (SSSR count). The van der Waals surface area contributed by atoms with Crippen LogP contribution in [0.25, 0.3) is 0 Å². The van der Waals surface area contributed by atoms with E-state index in [9.17, 15) is 18.3 Å². The van der Waals surface area contributed by atoms with E-state index in [1.54, 1.807) is 0 Å². The Morgan fingerprint density at radius 2 is 2.00 bits per heavy atom. The van der Waals surface area contributed by atoms with Crippen molar-refractivity contribution in [2.75, 3.05) is 0 Å². The second kappa shape index (κ2) is 2.41. The van der Waals surface area contributed by atoms with E-state index >= 15 is 0 Å². The fourth-order valence-corrected chi connectivity index (χ4v) is 0.595. The molecule has 11 heavy (non-hydrogen) atoms. The molecule has 1 radical (unpaired) electrons. The largest absolute Gasteiger partial charge is 0.421 e. The van der Waals surface area contributed by atoms with Gasteiger partial charge in [-0.15, -0.1) is 0 Å². The van der Waals surface area contributed by atoms with Crippen LogP contribution in [0, 0.1) is 0 Å². The molecule has 0 saturated heterocycles. The van der Waals surface area contributed by atoms with Gasteiger partial charge >= 0.3 is 6.18 Å². The zero-order chi connectivity index (χ0) is 8.48. The van der Waals surface area contributed by atoms with Gasteiger partial charge in [-0.05, 0) is 0 Å². The van der Waals surface area contributed by atoms with Gasteiger partial charge in [0.05, 0.1) is 0 Å². The molecule has 0 aromatic carbocycles. The summed E-state index contributed by atoms with van der Waals surface area (Å²) in [7, 11) is 0. The number of hydrogen-bond donors (Lipinski definition) is 0. The van der Waals surface area contributed by atoms with Crippen LogP contribution in [0.15, 0.2) is 18.5 Å². The van der Waals surface area contributed by atoms with Gasteiger partial charge in [0.1, 0.15) is 5.56 Å². The summed E-state index contributed by atoms with van der Waals surface area (Å²) in [6, 6.07) is 0.781. The molecular formula is C6H3F3NO. The Hall–Kier alpha value is -1.26. The van der Waals surface area contributed by atoms with E-state index in [2.05, 4.69) is 4.98 Å². The molecule has 1 heterocycles. The van der Waals surface area contributed by atoms with E-state index in [1.807, 2.05) is 0 Å².